The van der Waals surface area contributed by atoms with E-state index in [-0.39, 0.29) is 5.82 Å². The van der Waals surface area contributed by atoms with Crippen molar-refractivity contribution < 1.29 is 4.39 Å². The largest absolute Gasteiger partial charge is 0.376 e. The van der Waals surface area contributed by atoms with Crippen LogP contribution in [0.15, 0.2) is 79.1 Å². The minimum Gasteiger partial charge on any atom is -0.376 e. The molecule has 3 aromatic heterocycles. The van der Waals surface area contributed by atoms with Crippen molar-refractivity contribution >= 4 is 27.5 Å². The maximum atomic E-state index is 14.1. The molecule has 5 nitrogen and oxygen atoms in total. The zero-order valence-corrected chi connectivity index (χ0v) is 19.7. The molecular formula is C29H24FN5. The maximum Gasteiger partial charge on any atom is 0.124 e. The minimum atomic E-state index is -0.230. The summed E-state index contributed by atoms with van der Waals surface area (Å²) < 4.78 is 14.1. The molecule has 6 heteroatoms. The van der Waals surface area contributed by atoms with Gasteiger partial charge in [-0.05, 0) is 71.6 Å². The van der Waals surface area contributed by atoms with Gasteiger partial charge < -0.3 is 9.88 Å². The maximum absolute atomic E-state index is 14.1. The number of benzene rings is 3. The third kappa shape index (κ3) is 3.73. The van der Waals surface area contributed by atoms with Crippen molar-refractivity contribution in [1.29, 1.82) is 0 Å². The number of aromatic amines is 2. The number of nitrogens with one attached hydrogen (secondary N) is 2. The summed E-state index contributed by atoms with van der Waals surface area (Å²) >= 11 is 0. The highest BCUT2D eigenvalue weighted by atomic mass is 19.1. The van der Waals surface area contributed by atoms with Crippen LogP contribution in [0.25, 0.3) is 55.4 Å². The van der Waals surface area contributed by atoms with E-state index in [1.807, 2.05) is 68.6 Å². The first-order chi connectivity index (χ1) is 17.0. The van der Waals surface area contributed by atoms with Crippen LogP contribution in [0.1, 0.15) is 5.56 Å². The summed E-state index contributed by atoms with van der Waals surface area (Å²) in [6, 6.07) is 21.7. The minimum absolute atomic E-state index is 0.230. The molecule has 0 atom stereocenters. The van der Waals surface area contributed by atoms with E-state index in [2.05, 4.69) is 44.4 Å². The molecule has 0 unspecified atom stereocenters. The quantitative estimate of drug-likeness (QED) is 0.298. The molecule has 0 radical (unpaired) electrons. The fraction of sp³-hybridized carbons (Fsp3) is 0.103. The van der Waals surface area contributed by atoms with Gasteiger partial charge in [0.25, 0.3) is 0 Å². The van der Waals surface area contributed by atoms with Crippen LogP contribution in [-0.4, -0.2) is 34.3 Å². The number of halogens is 1. The van der Waals surface area contributed by atoms with Crippen LogP contribution < -0.4 is 4.90 Å². The molecule has 0 aliphatic rings. The van der Waals surface area contributed by atoms with E-state index in [1.165, 1.54) is 0 Å². The predicted molar refractivity (Wildman–Crippen MR) is 141 cm³/mol. The zero-order valence-electron chi connectivity index (χ0n) is 19.7. The molecule has 0 saturated heterocycles. The second-order valence-corrected chi connectivity index (χ2v) is 9.13. The second-order valence-electron chi connectivity index (χ2n) is 9.13. The lowest BCUT2D eigenvalue weighted by atomic mass is 9.99. The number of H-pyrrole nitrogens is 2. The molecule has 0 saturated carbocycles. The summed E-state index contributed by atoms with van der Waals surface area (Å²) in [7, 11) is 4.01. The van der Waals surface area contributed by atoms with Crippen molar-refractivity contribution in [1.82, 2.24) is 20.2 Å². The molecule has 6 rings (SSSR count). The first kappa shape index (κ1) is 21.1. The van der Waals surface area contributed by atoms with E-state index in [0.717, 1.165) is 66.7 Å². The number of aryl methyl sites for hydroxylation is 1. The highest BCUT2D eigenvalue weighted by molar-refractivity contribution is 6.02. The monoisotopic (exact) mass is 461 g/mol. The third-order valence-electron chi connectivity index (χ3n) is 6.41. The van der Waals surface area contributed by atoms with Crippen molar-refractivity contribution in [3.05, 3.63) is 90.5 Å². The van der Waals surface area contributed by atoms with Gasteiger partial charge in [0.05, 0.1) is 23.1 Å². The Bertz CT molecular complexity index is 1690. The summed E-state index contributed by atoms with van der Waals surface area (Å²) in [4.78, 5) is 9.97. The van der Waals surface area contributed by atoms with E-state index in [9.17, 15) is 4.39 Å². The lowest BCUT2D eigenvalue weighted by Crippen LogP contribution is -2.08. The van der Waals surface area contributed by atoms with E-state index in [1.54, 1.807) is 12.1 Å². The number of pyridine rings is 1. The lowest BCUT2D eigenvalue weighted by Gasteiger charge is -2.13. The highest BCUT2D eigenvalue weighted by Crippen LogP contribution is 2.36. The van der Waals surface area contributed by atoms with Gasteiger partial charge in [-0.1, -0.05) is 24.3 Å². The Hall–Kier alpha value is -4.45. The number of hydrogen-bond acceptors (Lipinski definition) is 3. The van der Waals surface area contributed by atoms with Crippen LogP contribution in [0.3, 0.4) is 0 Å². The molecule has 2 N–H and O–H groups in total. The van der Waals surface area contributed by atoms with Crippen molar-refractivity contribution in [3.8, 4) is 33.6 Å². The van der Waals surface area contributed by atoms with Gasteiger partial charge in [-0.2, -0.15) is 5.10 Å². The fourth-order valence-corrected chi connectivity index (χ4v) is 4.66. The Balaban J connectivity index is 1.48. The molecule has 3 aromatic carbocycles. The standard InChI is InChI=1S/C29H24FN5/c1-17-9-19(11-21(30)10-17)23-5-4-6-26-24(23)14-28(32-26)29-25-13-18(7-8-27(25)33-34-29)20-12-22(35(2)3)16-31-15-20/h4-16,32H,1-3H3,(H,33,34). The van der Waals surface area contributed by atoms with Gasteiger partial charge in [0.2, 0.25) is 0 Å². The summed E-state index contributed by atoms with van der Waals surface area (Å²) in [6.45, 7) is 1.91. The van der Waals surface area contributed by atoms with Crippen LogP contribution in [-0.2, 0) is 0 Å². The second kappa shape index (κ2) is 8.09. The number of fused-ring (bicyclic) bond motifs is 2. The average Bonchev–Trinajstić information content (AvgIpc) is 3.47. The molecule has 6 aromatic rings. The van der Waals surface area contributed by atoms with Crippen molar-refractivity contribution in [3.63, 3.8) is 0 Å². The Kier molecular flexibility index (Phi) is 4.88. The molecule has 0 spiro atoms. The number of aromatic nitrogens is 4. The Morgan fingerprint density at radius 3 is 2.51 bits per heavy atom. The number of rotatable bonds is 4. The smallest absolute Gasteiger partial charge is 0.124 e. The van der Waals surface area contributed by atoms with Gasteiger partial charge in [-0.25, -0.2) is 4.39 Å². The fourth-order valence-electron chi connectivity index (χ4n) is 4.66. The summed E-state index contributed by atoms with van der Waals surface area (Å²) in [5, 5.41) is 9.84. The SMILES string of the molecule is Cc1cc(F)cc(-c2cccc3[nH]c(-c4n[nH]c5ccc(-c6cncc(N(C)C)c6)cc45)cc23)c1. The van der Waals surface area contributed by atoms with Gasteiger partial charge in [0.1, 0.15) is 11.5 Å². The molecule has 3 heterocycles. The molecule has 0 aliphatic heterocycles. The van der Waals surface area contributed by atoms with Gasteiger partial charge in [0.15, 0.2) is 0 Å². The summed E-state index contributed by atoms with van der Waals surface area (Å²) in [5.74, 6) is -0.230. The van der Waals surface area contributed by atoms with Gasteiger partial charge in [-0.3, -0.25) is 10.1 Å². The molecule has 0 aliphatic carbocycles. The van der Waals surface area contributed by atoms with Crippen LogP contribution >= 0.6 is 0 Å². The van der Waals surface area contributed by atoms with Crippen molar-refractivity contribution in [2.24, 2.45) is 0 Å². The van der Waals surface area contributed by atoms with E-state index in [4.69, 9.17) is 0 Å². The van der Waals surface area contributed by atoms with Gasteiger partial charge >= 0.3 is 0 Å². The van der Waals surface area contributed by atoms with Crippen molar-refractivity contribution in [2.75, 3.05) is 19.0 Å². The van der Waals surface area contributed by atoms with Crippen LogP contribution in [0.4, 0.5) is 10.1 Å². The number of nitrogens with zero attached hydrogens (tertiary/aromatic N) is 3. The Morgan fingerprint density at radius 2 is 1.69 bits per heavy atom. The predicted octanol–water partition coefficient (Wildman–Crippen LogP) is 6.95. The van der Waals surface area contributed by atoms with Crippen LogP contribution in [0.5, 0.6) is 0 Å². The van der Waals surface area contributed by atoms with Crippen molar-refractivity contribution in [2.45, 2.75) is 6.92 Å². The summed E-state index contributed by atoms with van der Waals surface area (Å²) in [6.07, 6.45) is 3.73. The highest BCUT2D eigenvalue weighted by Gasteiger charge is 2.15. The van der Waals surface area contributed by atoms with Gasteiger partial charge in [-0.15, -0.1) is 0 Å². The average molecular weight is 462 g/mol. The van der Waals surface area contributed by atoms with E-state index >= 15 is 0 Å². The zero-order chi connectivity index (χ0) is 24.1. The van der Waals surface area contributed by atoms with Crippen LogP contribution in [0.2, 0.25) is 0 Å². The lowest BCUT2D eigenvalue weighted by molar-refractivity contribution is 0.627. The molecule has 0 amide bonds. The van der Waals surface area contributed by atoms with E-state index in [0.29, 0.717) is 0 Å². The Labute approximate surface area is 202 Å². The normalized spacial score (nSPS) is 11.4. The van der Waals surface area contributed by atoms with Crippen LogP contribution in [0, 0.1) is 12.7 Å². The topological polar surface area (TPSA) is 60.6 Å². The number of hydrogen-bond donors (Lipinski definition) is 2. The molecular weight excluding hydrogens is 437 g/mol. The molecule has 0 bridgehead atoms. The Morgan fingerprint density at radius 1 is 0.800 bits per heavy atom. The summed E-state index contributed by atoms with van der Waals surface area (Å²) in [5.41, 5.74) is 9.60. The molecule has 172 valence electrons. The first-order valence-corrected chi connectivity index (χ1v) is 11.5. The third-order valence-corrected chi connectivity index (χ3v) is 6.41. The number of anilines is 1. The first-order valence-electron chi connectivity index (χ1n) is 11.5. The molecule has 0 fully saturated rings. The van der Waals surface area contributed by atoms with E-state index < -0.39 is 0 Å². The molecule has 35 heavy (non-hydrogen) atoms. The van der Waals surface area contributed by atoms with Gasteiger partial charge in [0, 0.05) is 42.1 Å².